The second-order valence-corrected chi connectivity index (χ2v) is 8.31. The molecule has 1 aliphatic carbocycles. The predicted octanol–water partition coefficient (Wildman–Crippen LogP) is 1.15. The summed E-state index contributed by atoms with van der Waals surface area (Å²) in [6, 6.07) is 5.02. The van der Waals surface area contributed by atoms with E-state index in [9.17, 15) is 13.2 Å². The third-order valence-electron chi connectivity index (χ3n) is 4.41. The normalized spacial score (nSPS) is 22.1. The van der Waals surface area contributed by atoms with E-state index in [1.807, 2.05) is 12.2 Å². The Hall–Kier alpha value is -2.12. The van der Waals surface area contributed by atoms with Crippen LogP contribution in [0.2, 0.25) is 0 Å². The summed E-state index contributed by atoms with van der Waals surface area (Å²) in [5.41, 5.74) is 0.961. The van der Waals surface area contributed by atoms with Gasteiger partial charge in [-0.05, 0) is 37.0 Å². The molecule has 6 nitrogen and oxygen atoms in total. The number of carbonyl (C=O) groups excluding carboxylic acids is 1. The number of benzene rings is 1. The fourth-order valence-electron chi connectivity index (χ4n) is 2.97. The maximum Gasteiger partial charge on any atom is 0.245 e. The summed E-state index contributed by atoms with van der Waals surface area (Å²) in [7, 11) is -3.46. The molecule has 25 heavy (non-hydrogen) atoms. The highest BCUT2D eigenvalue weighted by Crippen LogP contribution is 2.32. The van der Waals surface area contributed by atoms with Crippen LogP contribution in [0.3, 0.4) is 0 Å². The molecular formula is C18H21NO5S. The number of ether oxygens (including phenoxy) is 1. The standard InChI is InChI=1S/C18H21NO5S/c20-12-18(21)19-11-14-8-6-13-7-9-16(10-17(13)24-14)25(22,23)15-4-2-1-3-5-15/h1-4,7,9-10,14-15,20H,5-6,8,11-12H2,(H,19,21)/t14-,15?/m1/s1. The molecule has 3 rings (SSSR count). The van der Waals surface area contributed by atoms with E-state index in [0.29, 0.717) is 12.2 Å². The molecule has 0 saturated carbocycles. The average Bonchev–Trinajstić information content (AvgIpc) is 2.66. The van der Waals surface area contributed by atoms with Crippen LogP contribution >= 0.6 is 0 Å². The van der Waals surface area contributed by atoms with Crippen molar-refractivity contribution in [2.45, 2.75) is 35.5 Å². The molecule has 1 amide bonds. The second-order valence-electron chi connectivity index (χ2n) is 6.14. The first kappa shape index (κ1) is 17.7. The number of sulfone groups is 1. The van der Waals surface area contributed by atoms with Gasteiger partial charge in [0, 0.05) is 0 Å². The minimum Gasteiger partial charge on any atom is -0.488 e. The van der Waals surface area contributed by atoms with Crippen molar-refractivity contribution in [3.63, 3.8) is 0 Å². The molecule has 1 aromatic carbocycles. The first-order valence-electron chi connectivity index (χ1n) is 8.25. The molecule has 1 heterocycles. The zero-order valence-corrected chi connectivity index (χ0v) is 14.5. The van der Waals surface area contributed by atoms with Crippen molar-refractivity contribution in [3.05, 3.63) is 48.1 Å². The SMILES string of the molecule is O=C(CO)NC[C@H]1CCc2ccc(S(=O)(=O)C3C=CC=CC3)cc2O1. The Bertz CT molecular complexity index is 813. The fourth-order valence-corrected chi connectivity index (χ4v) is 4.51. The second kappa shape index (κ2) is 7.41. The lowest BCUT2D eigenvalue weighted by Gasteiger charge is -2.27. The Labute approximate surface area is 147 Å². The van der Waals surface area contributed by atoms with Gasteiger partial charge in [0.05, 0.1) is 16.7 Å². The topological polar surface area (TPSA) is 92.7 Å². The van der Waals surface area contributed by atoms with Gasteiger partial charge in [0.25, 0.3) is 0 Å². The van der Waals surface area contributed by atoms with Crippen LogP contribution in [0.15, 0.2) is 47.4 Å². The summed E-state index contributed by atoms with van der Waals surface area (Å²) in [5, 5.41) is 10.8. The van der Waals surface area contributed by atoms with Gasteiger partial charge in [0.2, 0.25) is 5.91 Å². The van der Waals surface area contributed by atoms with Crippen LogP contribution in [0.5, 0.6) is 5.75 Å². The zero-order valence-electron chi connectivity index (χ0n) is 13.7. The summed E-state index contributed by atoms with van der Waals surface area (Å²) in [6.45, 7) is -0.277. The Kier molecular flexibility index (Phi) is 5.24. The summed E-state index contributed by atoms with van der Waals surface area (Å²) in [5.74, 6) is 0.0915. The van der Waals surface area contributed by atoms with Crippen molar-refractivity contribution in [2.24, 2.45) is 0 Å². The van der Waals surface area contributed by atoms with Gasteiger partial charge in [-0.3, -0.25) is 4.79 Å². The van der Waals surface area contributed by atoms with Gasteiger partial charge in [0.1, 0.15) is 18.5 Å². The fraction of sp³-hybridized carbons (Fsp3) is 0.389. The predicted molar refractivity (Wildman–Crippen MR) is 93.1 cm³/mol. The molecule has 2 aliphatic rings. The van der Waals surface area contributed by atoms with Crippen LogP contribution in [0, 0.1) is 0 Å². The molecule has 1 unspecified atom stereocenters. The molecule has 2 N–H and O–H groups in total. The number of fused-ring (bicyclic) bond motifs is 1. The maximum absolute atomic E-state index is 12.8. The molecule has 0 aromatic heterocycles. The Morgan fingerprint density at radius 1 is 1.32 bits per heavy atom. The Morgan fingerprint density at radius 2 is 2.16 bits per heavy atom. The highest BCUT2D eigenvalue weighted by molar-refractivity contribution is 7.92. The third-order valence-corrected chi connectivity index (χ3v) is 6.46. The van der Waals surface area contributed by atoms with Crippen LogP contribution in [0.1, 0.15) is 18.4 Å². The lowest BCUT2D eigenvalue weighted by Crippen LogP contribution is -2.38. The van der Waals surface area contributed by atoms with E-state index in [0.717, 1.165) is 18.4 Å². The molecule has 0 fully saturated rings. The monoisotopic (exact) mass is 363 g/mol. The van der Waals surface area contributed by atoms with Crippen LogP contribution in [0.4, 0.5) is 0 Å². The summed E-state index contributed by atoms with van der Waals surface area (Å²) < 4.78 is 31.4. The molecule has 0 saturated heterocycles. The molecule has 1 aliphatic heterocycles. The van der Waals surface area contributed by atoms with E-state index < -0.39 is 27.6 Å². The zero-order chi connectivity index (χ0) is 17.9. The van der Waals surface area contributed by atoms with E-state index in [1.54, 1.807) is 30.4 Å². The minimum absolute atomic E-state index is 0.238. The Morgan fingerprint density at radius 3 is 2.88 bits per heavy atom. The largest absolute Gasteiger partial charge is 0.488 e. The van der Waals surface area contributed by atoms with E-state index in [1.165, 1.54) is 0 Å². The van der Waals surface area contributed by atoms with Gasteiger partial charge in [-0.15, -0.1) is 0 Å². The van der Waals surface area contributed by atoms with Crippen LogP contribution in [0.25, 0.3) is 0 Å². The first-order valence-corrected chi connectivity index (χ1v) is 9.79. The van der Waals surface area contributed by atoms with E-state index in [4.69, 9.17) is 9.84 Å². The molecule has 134 valence electrons. The highest BCUT2D eigenvalue weighted by atomic mass is 32.2. The number of aliphatic hydroxyl groups is 1. The molecule has 0 spiro atoms. The molecular weight excluding hydrogens is 342 g/mol. The highest BCUT2D eigenvalue weighted by Gasteiger charge is 2.28. The van der Waals surface area contributed by atoms with Crippen molar-refractivity contribution in [3.8, 4) is 5.75 Å². The van der Waals surface area contributed by atoms with Gasteiger partial charge in [0.15, 0.2) is 9.84 Å². The maximum atomic E-state index is 12.8. The van der Waals surface area contributed by atoms with E-state index >= 15 is 0 Å². The van der Waals surface area contributed by atoms with Crippen molar-refractivity contribution in [2.75, 3.05) is 13.2 Å². The lowest BCUT2D eigenvalue weighted by molar-refractivity contribution is -0.124. The van der Waals surface area contributed by atoms with Gasteiger partial charge in [-0.2, -0.15) is 0 Å². The number of rotatable bonds is 5. The quantitative estimate of drug-likeness (QED) is 0.819. The smallest absolute Gasteiger partial charge is 0.245 e. The third kappa shape index (κ3) is 3.93. The molecule has 1 aromatic rings. The molecule has 2 atom stereocenters. The van der Waals surface area contributed by atoms with Crippen molar-refractivity contribution in [1.82, 2.24) is 5.32 Å². The number of nitrogens with one attached hydrogen (secondary N) is 1. The Balaban J connectivity index is 1.76. The van der Waals surface area contributed by atoms with Crippen LogP contribution in [-0.2, 0) is 21.1 Å². The van der Waals surface area contributed by atoms with Gasteiger partial charge in [-0.25, -0.2) is 8.42 Å². The molecule has 0 bridgehead atoms. The summed E-state index contributed by atoms with van der Waals surface area (Å²) in [6.07, 6.45) is 8.83. The number of aliphatic hydroxyl groups excluding tert-OH is 1. The lowest BCUT2D eigenvalue weighted by atomic mass is 10.0. The minimum atomic E-state index is -3.46. The number of amides is 1. The number of allylic oxidation sites excluding steroid dienone is 3. The molecule has 0 radical (unpaired) electrons. The number of hydrogen-bond acceptors (Lipinski definition) is 5. The van der Waals surface area contributed by atoms with Gasteiger partial charge in [-0.1, -0.05) is 30.4 Å². The van der Waals surface area contributed by atoms with Gasteiger partial charge >= 0.3 is 0 Å². The van der Waals surface area contributed by atoms with Gasteiger partial charge < -0.3 is 15.2 Å². The number of carbonyl (C=O) groups is 1. The molecule has 7 heteroatoms. The van der Waals surface area contributed by atoms with E-state index in [-0.39, 0.29) is 17.5 Å². The van der Waals surface area contributed by atoms with Crippen molar-refractivity contribution in [1.29, 1.82) is 0 Å². The van der Waals surface area contributed by atoms with E-state index in [2.05, 4.69) is 5.32 Å². The first-order chi connectivity index (χ1) is 12.0. The van der Waals surface area contributed by atoms with Crippen LogP contribution in [-0.4, -0.2) is 43.9 Å². The number of hydrogen-bond donors (Lipinski definition) is 2. The number of aryl methyl sites for hydroxylation is 1. The summed E-state index contributed by atoms with van der Waals surface area (Å²) in [4.78, 5) is 11.4. The average molecular weight is 363 g/mol. The van der Waals surface area contributed by atoms with Crippen molar-refractivity contribution >= 4 is 15.7 Å². The van der Waals surface area contributed by atoms with Crippen LogP contribution < -0.4 is 10.1 Å². The summed E-state index contributed by atoms with van der Waals surface area (Å²) >= 11 is 0. The van der Waals surface area contributed by atoms with Crippen molar-refractivity contribution < 1.29 is 23.1 Å².